The Morgan fingerprint density at radius 3 is 2.00 bits per heavy atom. The van der Waals surface area contributed by atoms with Gasteiger partial charge >= 0.3 is 0 Å². The summed E-state index contributed by atoms with van der Waals surface area (Å²) in [5.41, 5.74) is 0. The van der Waals surface area contributed by atoms with Crippen molar-refractivity contribution in [3.8, 4) is 0 Å². The van der Waals surface area contributed by atoms with Crippen LogP contribution in [0.2, 0.25) is 0 Å². The van der Waals surface area contributed by atoms with Gasteiger partial charge in [0.15, 0.2) is 0 Å². The topological polar surface area (TPSA) is 49.4 Å². The molecule has 0 fully saturated rings. The summed E-state index contributed by atoms with van der Waals surface area (Å²) in [7, 11) is 6.13. The highest BCUT2D eigenvalue weighted by Gasteiger charge is 2.18. The summed E-state index contributed by atoms with van der Waals surface area (Å²) in [6.45, 7) is 3.59. The molecule has 0 saturated heterocycles. The Morgan fingerprint density at radius 1 is 1.00 bits per heavy atom. The van der Waals surface area contributed by atoms with Crippen molar-refractivity contribution in [3.05, 3.63) is 0 Å². The van der Waals surface area contributed by atoms with Gasteiger partial charge < -0.3 is 19.1 Å². The Balaban J connectivity index is 3.66. The van der Waals surface area contributed by atoms with Crippen LogP contribution in [-0.2, 0) is 9.53 Å². The number of ether oxygens (including phenoxy) is 1. The molecule has 1 atom stereocenters. The number of likely N-dealkylation sites (N-methyl/N-ethyl adjacent to an activating group) is 1. The lowest BCUT2D eigenvalue weighted by Crippen LogP contribution is -2.44. The monoisotopic (exact) mass is 301 g/mol. The van der Waals surface area contributed by atoms with Crippen molar-refractivity contribution in [1.29, 1.82) is 0 Å². The second-order valence-corrected chi connectivity index (χ2v) is 7.02. The smallest absolute Gasteiger partial charge is 0.112 e. The van der Waals surface area contributed by atoms with Gasteiger partial charge in [0.2, 0.25) is 0 Å². The van der Waals surface area contributed by atoms with Gasteiger partial charge in [0.05, 0.1) is 21.1 Å². The van der Waals surface area contributed by atoms with Gasteiger partial charge in [-0.1, -0.05) is 51.9 Å². The molecule has 0 amide bonds. The van der Waals surface area contributed by atoms with Crippen molar-refractivity contribution < 1.29 is 19.1 Å². The molecule has 0 aromatic rings. The van der Waals surface area contributed by atoms with Gasteiger partial charge in [-0.3, -0.25) is 0 Å². The first-order valence-corrected chi connectivity index (χ1v) is 8.47. The molecule has 4 nitrogen and oxygen atoms in total. The highest BCUT2D eigenvalue weighted by molar-refractivity contribution is 5.64. The second-order valence-electron chi connectivity index (χ2n) is 7.02. The van der Waals surface area contributed by atoms with Crippen LogP contribution >= 0.6 is 0 Å². The minimum atomic E-state index is -1.02. The number of carbonyl (C=O) groups excluding carboxylic acids is 1. The van der Waals surface area contributed by atoms with E-state index in [4.69, 9.17) is 4.74 Å². The van der Waals surface area contributed by atoms with Crippen LogP contribution < -0.4 is 5.11 Å². The molecule has 0 aliphatic rings. The van der Waals surface area contributed by atoms with E-state index in [-0.39, 0.29) is 12.5 Å². The van der Waals surface area contributed by atoms with Gasteiger partial charge in [0.25, 0.3) is 0 Å². The van der Waals surface area contributed by atoms with E-state index in [1.165, 1.54) is 44.9 Å². The summed E-state index contributed by atoms with van der Waals surface area (Å²) in [5.74, 6) is -1.02. The zero-order chi connectivity index (χ0) is 16.1. The quantitative estimate of drug-likeness (QED) is 0.365. The molecule has 0 heterocycles. The molecular weight excluding hydrogens is 266 g/mol. The summed E-state index contributed by atoms with van der Waals surface area (Å²) in [6.07, 6.45) is 9.84. The van der Waals surface area contributed by atoms with Gasteiger partial charge in [0.1, 0.15) is 12.6 Å². The van der Waals surface area contributed by atoms with Crippen molar-refractivity contribution >= 4 is 5.97 Å². The van der Waals surface area contributed by atoms with E-state index in [9.17, 15) is 9.90 Å². The van der Waals surface area contributed by atoms with Gasteiger partial charge in [-0.05, 0) is 6.42 Å². The molecule has 0 bridgehead atoms. The van der Waals surface area contributed by atoms with Crippen LogP contribution in [-0.4, -0.2) is 50.9 Å². The van der Waals surface area contributed by atoms with E-state index in [1.54, 1.807) is 0 Å². The normalized spacial score (nSPS) is 13.3. The molecule has 0 N–H and O–H groups in total. The number of hydrogen-bond acceptors (Lipinski definition) is 3. The van der Waals surface area contributed by atoms with Crippen LogP contribution in [0.1, 0.15) is 64.7 Å². The lowest BCUT2D eigenvalue weighted by atomic mass is 10.1. The van der Waals surface area contributed by atoms with Gasteiger partial charge in [0, 0.05) is 19.0 Å². The molecule has 0 aromatic heterocycles. The van der Waals surface area contributed by atoms with Crippen LogP contribution in [0.15, 0.2) is 0 Å². The maximum absolute atomic E-state index is 10.8. The predicted octanol–water partition coefficient (Wildman–Crippen LogP) is 2.36. The highest BCUT2D eigenvalue weighted by atomic mass is 16.5. The molecule has 0 aliphatic carbocycles. The SMILES string of the molecule is CCCCCCCCCCOC(CC(=O)[O-])C[N+](C)(C)C. The number of aliphatic carboxylic acids is 1. The number of carboxylic acid groups (broad SMARTS) is 1. The third kappa shape index (κ3) is 15.6. The Bertz CT molecular complexity index is 261. The molecule has 0 saturated carbocycles. The fourth-order valence-electron chi connectivity index (χ4n) is 2.46. The third-order valence-corrected chi connectivity index (χ3v) is 3.50. The van der Waals surface area contributed by atoms with Gasteiger partial charge in [-0.25, -0.2) is 0 Å². The Morgan fingerprint density at radius 2 is 1.52 bits per heavy atom. The first kappa shape index (κ1) is 20.4. The Hall–Kier alpha value is -0.610. The van der Waals surface area contributed by atoms with Crippen molar-refractivity contribution in [2.45, 2.75) is 70.8 Å². The van der Waals surface area contributed by atoms with E-state index >= 15 is 0 Å². The molecule has 126 valence electrons. The van der Waals surface area contributed by atoms with E-state index in [1.807, 2.05) is 21.1 Å². The number of rotatable bonds is 14. The van der Waals surface area contributed by atoms with Crippen molar-refractivity contribution in [3.63, 3.8) is 0 Å². The number of hydrogen-bond donors (Lipinski definition) is 0. The fraction of sp³-hybridized carbons (Fsp3) is 0.941. The Kier molecular flexibility index (Phi) is 11.6. The predicted molar refractivity (Wildman–Crippen MR) is 84.9 cm³/mol. The van der Waals surface area contributed by atoms with Crippen LogP contribution in [0.5, 0.6) is 0 Å². The van der Waals surface area contributed by atoms with Crippen LogP contribution in [0.25, 0.3) is 0 Å². The molecule has 4 heteroatoms. The largest absolute Gasteiger partial charge is 0.550 e. The minimum absolute atomic E-state index is 0.00740. The van der Waals surface area contributed by atoms with E-state index in [0.29, 0.717) is 17.6 Å². The van der Waals surface area contributed by atoms with Crippen molar-refractivity contribution in [2.24, 2.45) is 0 Å². The fourth-order valence-corrected chi connectivity index (χ4v) is 2.46. The molecule has 0 aliphatic heterocycles. The lowest BCUT2D eigenvalue weighted by Gasteiger charge is -2.29. The average molecular weight is 301 g/mol. The molecule has 0 radical (unpaired) electrons. The van der Waals surface area contributed by atoms with Gasteiger partial charge in [-0.15, -0.1) is 0 Å². The van der Waals surface area contributed by atoms with E-state index in [2.05, 4.69) is 6.92 Å². The van der Waals surface area contributed by atoms with Gasteiger partial charge in [-0.2, -0.15) is 0 Å². The number of unbranched alkanes of at least 4 members (excludes halogenated alkanes) is 7. The summed E-state index contributed by atoms with van der Waals surface area (Å²) < 4.78 is 6.44. The molecule has 21 heavy (non-hydrogen) atoms. The first-order chi connectivity index (χ1) is 9.85. The Labute approximate surface area is 131 Å². The molecular formula is C17H35NO3. The number of nitrogens with zero attached hydrogens (tertiary/aromatic N) is 1. The zero-order valence-electron chi connectivity index (χ0n) is 14.5. The maximum atomic E-state index is 10.8. The zero-order valence-corrected chi connectivity index (χ0v) is 14.5. The maximum Gasteiger partial charge on any atom is 0.112 e. The molecule has 0 spiro atoms. The summed E-state index contributed by atoms with van der Waals surface area (Å²) in [6, 6.07) is 0. The average Bonchev–Trinajstić information content (AvgIpc) is 2.34. The summed E-state index contributed by atoms with van der Waals surface area (Å²) in [5, 5.41) is 10.8. The number of carbonyl (C=O) groups is 1. The second kappa shape index (κ2) is 12.0. The van der Waals surface area contributed by atoms with E-state index < -0.39 is 5.97 Å². The van der Waals surface area contributed by atoms with Crippen LogP contribution in [0.4, 0.5) is 0 Å². The number of quaternary nitrogens is 1. The number of carboxylic acids is 1. The van der Waals surface area contributed by atoms with Crippen LogP contribution in [0, 0.1) is 0 Å². The van der Waals surface area contributed by atoms with E-state index in [0.717, 1.165) is 6.42 Å². The van der Waals surface area contributed by atoms with Crippen molar-refractivity contribution in [2.75, 3.05) is 34.3 Å². The van der Waals surface area contributed by atoms with Crippen LogP contribution in [0.3, 0.4) is 0 Å². The third-order valence-electron chi connectivity index (χ3n) is 3.50. The lowest BCUT2D eigenvalue weighted by molar-refractivity contribution is -0.873. The molecule has 1 unspecified atom stereocenters. The summed E-state index contributed by atoms with van der Waals surface area (Å²) >= 11 is 0. The first-order valence-electron chi connectivity index (χ1n) is 8.47. The molecule has 0 aromatic carbocycles. The minimum Gasteiger partial charge on any atom is -0.550 e. The molecule has 0 rings (SSSR count). The van der Waals surface area contributed by atoms with Crippen molar-refractivity contribution in [1.82, 2.24) is 0 Å². The highest BCUT2D eigenvalue weighted by Crippen LogP contribution is 2.10. The standard InChI is InChI=1S/C17H35NO3/c1-5-6-7-8-9-10-11-12-13-21-16(14-17(19)20)15-18(2,3)4/h16H,5-15H2,1-4H3. The summed E-state index contributed by atoms with van der Waals surface area (Å²) in [4.78, 5) is 10.8.